The second-order valence-corrected chi connectivity index (χ2v) is 7.92. The second kappa shape index (κ2) is 7.85. The predicted octanol–water partition coefficient (Wildman–Crippen LogP) is 4.13. The zero-order chi connectivity index (χ0) is 16.0. The third kappa shape index (κ3) is 5.36. The number of hydrogen-bond acceptors (Lipinski definition) is 4. The number of carbonyl (C=O) groups is 1. The summed E-state index contributed by atoms with van der Waals surface area (Å²) < 4.78 is 5.74. The van der Waals surface area contributed by atoms with Crippen LogP contribution in [0.1, 0.15) is 40.5 Å². The largest absolute Gasteiger partial charge is 0.354 e. The van der Waals surface area contributed by atoms with Crippen molar-refractivity contribution in [2.24, 2.45) is 0 Å². The third-order valence-electron chi connectivity index (χ3n) is 3.23. The van der Waals surface area contributed by atoms with Crippen LogP contribution >= 0.6 is 11.8 Å². The standard InChI is InChI=1S/C17H27NO2S/c1-7-11-18-13(3)14(16(19)21-17(4,5)6)9-10-15(18)20-12-8-2/h7-8,15H,1-2,9-12H2,3-6H3. The Kier molecular flexibility index (Phi) is 6.75. The Balaban J connectivity index is 2.94. The van der Waals surface area contributed by atoms with Crippen molar-refractivity contribution in [1.29, 1.82) is 0 Å². The van der Waals surface area contributed by atoms with Crippen molar-refractivity contribution < 1.29 is 9.53 Å². The molecule has 0 saturated carbocycles. The highest BCUT2D eigenvalue weighted by molar-refractivity contribution is 8.15. The van der Waals surface area contributed by atoms with Gasteiger partial charge in [-0.3, -0.25) is 4.79 Å². The van der Waals surface area contributed by atoms with Crippen molar-refractivity contribution in [2.75, 3.05) is 13.2 Å². The van der Waals surface area contributed by atoms with Gasteiger partial charge in [-0.2, -0.15) is 0 Å². The van der Waals surface area contributed by atoms with Crippen LogP contribution in [0.3, 0.4) is 0 Å². The van der Waals surface area contributed by atoms with Gasteiger partial charge in [0.2, 0.25) is 5.12 Å². The van der Waals surface area contributed by atoms with Crippen LogP contribution in [-0.2, 0) is 9.53 Å². The first-order valence-corrected chi connectivity index (χ1v) is 8.15. The van der Waals surface area contributed by atoms with Gasteiger partial charge in [-0.15, -0.1) is 13.2 Å². The summed E-state index contributed by atoms with van der Waals surface area (Å²) in [7, 11) is 0. The molecule has 0 radical (unpaired) electrons. The fraction of sp³-hybridized carbons (Fsp3) is 0.588. The average molecular weight is 309 g/mol. The fourth-order valence-corrected chi connectivity index (χ4v) is 3.26. The first kappa shape index (κ1) is 18.1. The molecule has 3 nitrogen and oxygen atoms in total. The van der Waals surface area contributed by atoms with E-state index in [2.05, 4.69) is 38.8 Å². The molecule has 1 aliphatic rings. The molecule has 0 bridgehead atoms. The van der Waals surface area contributed by atoms with E-state index in [1.165, 1.54) is 11.8 Å². The molecule has 1 rings (SSSR count). The zero-order valence-electron chi connectivity index (χ0n) is 13.6. The van der Waals surface area contributed by atoms with Crippen LogP contribution in [0.25, 0.3) is 0 Å². The first-order valence-electron chi connectivity index (χ1n) is 7.33. The molecule has 118 valence electrons. The van der Waals surface area contributed by atoms with Crippen molar-refractivity contribution in [3.63, 3.8) is 0 Å². The van der Waals surface area contributed by atoms with Crippen LogP contribution in [0.4, 0.5) is 0 Å². The molecule has 0 aromatic heterocycles. The van der Waals surface area contributed by atoms with Gasteiger partial charge >= 0.3 is 0 Å². The molecule has 1 aliphatic heterocycles. The average Bonchev–Trinajstić information content (AvgIpc) is 2.37. The van der Waals surface area contributed by atoms with Crippen LogP contribution in [0.2, 0.25) is 0 Å². The highest BCUT2D eigenvalue weighted by Crippen LogP contribution is 2.34. The van der Waals surface area contributed by atoms with E-state index in [1.54, 1.807) is 6.08 Å². The lowest BCUT2D eigenvalue weighted by Crippen LogP contribution is -2.40. The third-order valence-corrected chi connectivity index (χ3v) is 4.28. The number of ether oxygens (including phenoxy) is 1. The van der Waals surface area contributed by atoms with Crippen LogP contribution in [0, 0.1) is 0 Å². The maximum Gasteiger partial charge on any atom is 0.217 e. The van der Waals surface area contributed by atoms with Crippen molar-refractivity contribution in [3.8, 4) is 0 Å². The van der Waals surface area contributed by atoms with Gasteiger partial charge in [-0.05, 0) is 19.8 Å². The van der Waals surface area contributed by atoms with E-state index >= 15 is 0 Å². The molecule has 0 aliphatic carbocycles. The number of rotatable bonds is 6. The predicted molar refractivity (Wildman–Crippen MR) is 91.1 cm³/mol. The van der Waals surface area contributed by atoms with E-state index in [1.807, 2.05) is 13.0 Å². The summed E-state index contributed by atoms with van der Waals surface area (Å²) in [6.45, 7) is 16.9. The monoisotopic (exact) mass is 309 g/mol. The Bertz CT molecular complexity index is 435. The molecule has 0 saturated heterocycles. The van der Waals surface area contributed by atoms with E-state index in [0.717, 1.165) is 24.1 Å². The van der Waals surface area contributed by atoms with Crippen LogP contribution in [-0.4, -0.2) is 34.1 Å². The quantitative estimate of drug-likeness (QED) is 0.690. The SMILES string of the molecule is C=CCOC1CCC(C(=O)SC(C)(C)C)=C(C)N1CC=C. The lowest BCUT2D eigenvalue weighted by atomic mass is 10.0. The maximum atomic E-state index is 12.5. The normalized spacial score (nSPS) is 19.6. The molecule has 0 N–H and O–H groups in total. The van der Waals surface area contributed by atoms with Crippen molar-refractivity contribution in [3.05, 3.63) is 36.6 Å². The number of nitrogens with zero attached hydrogens (tertiary/aromatic N) is 1. The molecule has 0 aromatic carbocycles. The van der Waals surface area contributed by atoms with Crippen molar-refractivity contribution >= 4 is 16.9 Å². The van der Waals surface area contributed by atoms with Gasteiger partial charge in [0.25, 0.3) is 0 Å². The van der Waals surface area contributed by atoms with Gasteiger partial charge in [-0.25, -0.2) is 0 Å². The minimum atomic E-state index is -0.0657. The Hall–Kier alpha value is -1.00. The maximum absolute atomic E-state index is 12.5. The summed E-state index contributed by atoms with van der Waals surface area (Å²) in [5, 5.41) is 0.177. The van der Waals surface area contributed by atoms with Crippen LogP contribution in [0.5, 0.6) is 0 Å². The number of allylic oxidation sites excluding steroid dienone is 1. The Morgan fingerprint density at radius 3 is 2.62 bits per heavy atom. The fourth-order valence-electron chi connectivity index (χ4n) is 2.33. The van der Waals surface area contributed by atoms with Gasteiger partial charge in [-0.1, -0.05) is 44.7 Å². The summed E-state index contributed by atoms with van der Waals surface area (Å²) in [5.74, 6) is 0. The minimum absolute atomic E-state index is 0.00260. The van der Waals surface area contributed by atoms with Gasteiger partial charge in [0.1, 0.15) is 6.23 Å². The molecule has 21 heavy (non-hydrogen) atoms. The van der Waals surface area contributed by atoms with Gasteiger partial charge in [0.05, 0.1) is 6.61 Å². The summed E-state index contributed by atoms with van der Waals surface area (Å²) in [4.78, 5) is 14.6. The smallest absolute Gasteiger partial charge is 0.217 e. The Morgan fingerprint density at radius 1 is 1.43 bits per heavy atom. The summed E-state index contributed by atoms with van der Waals surface area (Å²) >= 11 is 1.40. The van der Waals surface area contributed by atoms with Crippen molar-refractivity contribution in [2.45, 2.75) is 51.5 Å². The topological polar surface area (TPSA) is 29.5 Å². The Morgan fingerprint density at radius 2 is 2.10 bits per heavy atom. The van der Waals surface area contributed by atoms with Gasteiger partial charge in [0.15, 0.2) is 0 Å². The van der Waals surface area contributed by atoms with Crippen LogP contribution < -0.4 is 0 Å². The molecule has 4 heteroatoms. The van der Waals surface area contributed by atoms with Gasteiger partial charge < -0.3 is 9.64 Å². The van der Waals surface area contributed by atoms with Gasteiger partial charge in [0, 0.05) is 22.6 Å². The zero-order valence-corrected chi connectivity index (χ0v) is 14.5. The van der Waals surface area contributed by atoms with E-state index in [0.29, 0.717) is 13.2 Å². The molecule has 0 fully saturated rings. The lowest BCUT2D eigenvalue weighted by Gasteiger charge is -2.38. The molecule has 0 spiro atoms. The molecular weight excluding hydrogens is 282 g/mol. The van der Waals surface area contributed by atoms with Crippen molar-refractivity contribution in [1.82, 2.24) is 4.90 Å². The van der Waals surface area contributed by atoms with Crippen LogP contribution in [0.15, 0.2) is 36.6 Å². The number of carbonyl (C=O) groups excluding carboxylic acids is 1. The summed E-state index contributed by atoms with van der Waals surface area (Å²) in [5.41, 5.74) is 1.92. The number of thioether (sulfide) groups is 1. The molecule has 1 heterocycles. The molecular formula is C17H27NO2S. The summed E-state index contributed by atoms with van der Waals surface area (Å²) in [6, 6.07) is 0. The molecule has 0 amide bonds. The first-order chi connectivity index (χ1) is 9.80. The lowest BCUT2D eigenvalue weighted by molar-refractivity contribution is -0.109. The van der Waals surface area contributed by atoms with E-state index < -0.39 is 0 Å². The highest BCUT2D eigenvalue weighted by atomic mass is 32.2. The Labute approximate surface area is 133 Å². The molecule has 1 unspecified atom stereocenters. The summed E-state index contributed by atoms with van der Waals surface area (Å²) in [6.07, 6.45) is 5.19. The molecule has 0 aromatic rings. The van der Waals surface area contributed by atoms with E-state index in [-0.39, 0.29) is 16.1 Å². The number of hydrogen-bond donors (Lipinski definition) is 0. The highest BCUT2D eigenvalue weighted by Gasteiger charge is 2.30. The molecule has 1 atom stereocenters. The van der Waals surface area contributed by atoms with E-state index in [4.69, 9.17) is 4.74 Å². The second-order valence-electron chi connectivity index (χ2n) is 6.12. The minimum Gasteiger partial charge on any atom is -0.354 e. The van der Waals surface area contributed by atoms with E-state index in [9.17, 15) is 4.79 Å².